The SMILES string of the molecule is CN=C(NCCCn1cc(C)cn1)NC1CCN(C(=O)C2CCCCC2)C1.I. The van der Waals surface area contributed by atoms with Gasteiger partial charge >= 0.3 is 0 Å². The van der Waals surface area contributed by atoms with Crippen molar-refractivity contribution < 1.29 is 4.79 Å². The van der Waals surface area contributed by atoms with Crippen LogP contribution in [0.5, 0.6) is 0 Å². The predicted octanol–water partition coefficient (Wildman–Crippen LogP) is 2.55. The normalized spacial score (nSPS) is 20.7. The van der Waals surface area contributed by atoms with Gasteiger partial charge < -0.3 is 15.5 Å². The Morgan fingerprint density at radius 2 is 2.07 bits per heavy atom. The average molecular weight is 502 g/mol. The van der Waals surface area contributed by atoms with E-state index in [-0.39, 0.29) is 35.9 Å². The molecule has 7 nitrogen and oxygen atoms in total. The summed E-state index contributed by atoms with van der Waals surface area (Å²) >= 11 is 0. The van der Waals surface area contributed by atoms with Gasteiger partial charge in [-0.25, -0.2) is 0 Å². The molecule has 1 unspecified atom stereocenters. The van der Waals surface area contributed by atoms with Crippen molar-refractivity contribution in [3.05, 3.63) is 18.0 Å². The lowest BCUT2D eigenvalue weighted by Gasteiger charge is -2.26. The van der Waals surface area contributed by atoms with Crippen LogP contribution in [-0.4, -0.2) is 59.3 Å². The van der Waals surface area contributed by atoms with Crippen molar-refractivity contribution in [3.8, 4) is 0 Å². The van der Waals surface area contributed by atoms with E-state index in [0.29, 0.717) is 5.91 Å². The summed E-state index contributed by atoms with van der Waals surface area (Å²) in [6.45, 7) is 5.45. The monoisotopic (exact) mass is 502 g/mol. The molecule has 1 saturated heterocycles. The van der Waals surface area contributed by atoms with Gasteiger partial charge in [0.05, 0.1) is 6.20 Å². The van der Waals surface area contributed by atoms with Gasteiger partial charge in [0.2, 0.25) is 5.91 Å². The molecular weight excluding hydrogens is 467 g/mol. The van der Waals surface area contributed by atoms with Crippen molar-refractivity contribution in [2.75, 3.05) is 26.7 Å². The predicted molar refractivity (Wildman–Crippen MR) is 123 cm³/mol. The number of nitrogens with zero attached hydrogens (tertiary/aromatic N) is 4. The van der Waals surface area contributed by atoms with E-state index >= 15 is 0 Å². The fourth-order valence-corrected chi connectivity index (χ4v) is 4.11. The molecule has 1 aliphatic heterocycles. The topological polar surface area (TPSA) is 74.6 Å². The van der Waals surface area contributed by atoms with Crippen LogP contribution in [0.4, 0.5) is 0 Å². The zero-order chi connectivity index (χ0) is 19.1. The molecule has 2 fully saturated rings. The first-order chi connectivity index (χ1) is 13.2. The molecule has 0 spiro atoms. The maximum atomic E-state index is 12.7. The van der Waals surface area contributed by atoms with Gasteiger partial charge in [-0.15, -0.1) is 24.0 Å². The molecular formula is C20H35IN6O. The number of likely N-dealkylation sites (tertiary alicyclic amines) is 1. The van der Waals surface area contributed by atoms with Crippen LogP contribution >= 0.6 is 24.0 Å². The Morgan fingerprint density at radius 1 is 1.29 bits per heavy atom. The van der Waals surface area contributed by atoms with Crippen LogP contribution in [0.2, 0.25) is 0 Å². The third-order valence-electron chi connectivity index (χ3n) is 5.64. The molecule has 1 aromatic rings. The third-order valence-corrected chi connectivity index (χ3v) is 5.64. The number of halogens is 1. The number of amides is 1. The number of hydrogen-bond acceptors (Lipinski definition) is 3. The van der Waals surface area contributed by atoms with Crippen molar-refractivity contribution in [2.45, 2.75) is 64.5 Å². The van der Waals surface area contributed by atoms with E-state index in [1.807, 2.05) is 10.9 Å². The van der Waals surface area contributed by atoms with Crippen LogP contribution in [0.25, 0.3) is 0 Å². The Morgan fingerprint density at radius 3 is 2.75 bits per heavy atom. The number of aliphatic imine (C=N–C) groups is 1. The molecule has 8 heteroatoms. The van der Waals surface area contributed by atoms with E-state index < -0.39 is 0 Å². The third kappa shape index (κ3) is 6.63. The minimum Gasteiger partial charge on any atom is -0.356 e. The number of nitrogens with one attached hydrogen (secondary N) is 2. The Hall–Kier alpha value is -1.32. The van der Waals surface area contributed by atoms with Crippen LogP contribution in [-0.2, 0) is 11.3 Å². The zero-order valence-corrected chi connectivity index (χ0v) is 19.5. The maximum Gasteiger partial charge on any atom is 0.225 e. The molecule has 0 aromatic carbocycles. The highest BCUT2D eigenvalue weighted by molar-refractivity contribution is 14.0. The highest BCUT2D eigenvalue weighted by Gasteiger charge is 2.31. The average Bonchev–Trinajstić information content (AvgIpc) is 3.33. The maximum absolute atomic E-state index is 12.7. The first kappa shape index (κ1) is 23.0. The lowest BCUT2D eigenvalue weighted by molar-refractivity contribution is -0.135. The summed E-state index contributed by atoms with van der Waals surface area (Å²) in [6.07, 6.45) is 11.8. The highest BCUT2D eigenvalue weighted by atomic mass is 127. The molecule has 0 radical (unpaired) electrons. The second-order valence-corrected chi connectivity index (χ2v) is 7.88. The quantitative estimate of drug-likeness (QED) is 0.272. The molecule has 2 N–H and O–H groups in total. The largest absolute Gasteiger partial charge is 0.356 e. The lowest BCUT2D eigenvalue weighted by atomic mass is 9.88. The van der Waals surface area contributed by atoms with E-state index in [1.54, 1.807) is 7.05 Å². The first-order valence-corrected chi connectivity index (χ1v) is 10.4. The number of carbonyl (C=O) groups excluding carboxylic acids is 1. The van der Waals surface area contributed by atoms with Gasteiger partial charge in [0, 0.05) is 51.4 Å². The van der Waals surface area contributed by atoms with E-state index in [2.05, 4.69) is 38.7 Å². The van der Waals surface area contributed by atoms with Crippen molar-refractivity contribution >= 4 is 35.8 Å². The van der Waals surface area contributed by atoms with Gasteiger partial charge in [0.25, 0.3) is 0 Å². The Labute approximate surface area is 185 Å². The van der Waals surface area contributed by atoms with Crippen molar-refractivity contribution in [1.29, 1.82) is 0 Å². The van der Waals surface area contributed by atoms with Crippen LogP contribution < -0.4 is 10.6 Å². The van der Waals surface area contributed by atoms with Gasteiger partial charge in [0.15, 0.2) is 5.96 Å². The van der Waals surface area contributed by atoms with Crippen molar-refractivity contribution in [2.24, 2.45) is 10.9 Å². The summed E-state index contributed by atoms with van der Waals surface area (Å²) in [6, 6.07) is 0.289. The van der Waals surface area contributed by atoms with Crippen LogP contribution in [0, 0.1) is 12.8 Å². The minimum absolute atomic E-state index is 0. The van der Waals surface area contributed by atoms with Crippen LogP contribution in [0.1, 0.15) is 50.5 Å². The number of aromatic nitrogens is 2. The summed E-state index contributed by atoms with van der Waals surface area (Å²) in [7, 11) is 1.80. The molecule has 158 valence electrons. The van der Waals surface area contributed by atoms with Gasteiger partial charge in [-0.3, -0.25) is 14.5 Å². The summed E-state index contributed by atoms with van der Waals surface area (Å²) < 4.78 is 1.97. The molecule has 0 bridgehead atoms. The van der Waals surface area contributed by atoms with E-state index in [4.69, 9.17) is 0 Å². The first-order valence-electron chi connectivity index (χ1n) is 10.4. The molecule has 1 aliphatic carbocycles. The smallest absolute Gasteiger partial charge is 0.225 e. The minimum atomic E-state index is 0. The summed E-state index contributed by atoms with van der Waals surface area (Å²) in [5.41, 5.74) is 1.19. The lowest BCUT2D eigenvalue weighted by Crippen LogP contribution is -2.45. The highest BCUT2D eigenvalue weighted by Crippen LogP contribution is 2.26. The number of rotatable bonds is 6. The van der Waals surface area contributed by atoms with E-state index in [1.165, 1.54) is 24.8 Å². The van der Waals surface area contributed by atoms with Crippen molar-refractivity contribution in [3.63, 3.8) is 0 Å². The molecule has 1 aromatic heterocycles. The molecule has 2 aliphatic rings. The van der Waals surface area contributed by atoms with Gasteiger partial charge in [-0.05, 0) is 38.2 Å². The Bertz CT molecular complexity index is 640. The molecule has 1 saturated carbocycles. The molecule has 2 heterocycles. The number of aryl methyl sites for hydroxylation is 2. The van der Waals surface area contributed by atoms with Gasteiger partial charge in [-0.2, -0.15) is 5.10 Å². The summed E-state index contributed by atoms with van der Waals surface area (Å²) in [4.78, 5) is 19.1. The second kappa shape index (κ2) is 11.6. The Kier molecular flexibility index (Phi) is 9.53. The van der Waals surface area contributed by atoms with E-state index in [0.717, 1.165) is 57.8 Å². The van der Waals surface area contributed by atoms with Gasteiger partial charge in [0.1, 0.15) is 0 Å². The number of hydrogen-bond donors (Lipinski definition) is 2. The Balaban J connectivity index is 0.00000280. The van der Waals surface area contributed by atoms with Crippen molar-refractivity contribution in [1.82, 2.24) is 25.3 Å². The number of guanidine groups is 1. The summed E-state index contributed by atoms with van der Waals surface area (Å²) in [5.74, 6) is 1.46. The molecule has 3 rings (SSSR count). The molecule has 28 heavy (non-hydrogen) atoms. The van der Waals surface area contributed by atoms with Gasteiger partial charge in [-0.1, -0.05) is 19.3 Å². The standard InChI is InChI=1S/C20H34N6O.HI/c1-16-13-23-26(14-16)11-6-10-22-20(21-2)24-18-9-12-25(15-18)19(27)17-7-4-3-5-8-17;/h13-14,17-18H,3-12,15H2,1-2H3,(H2,21,22,24);1H. The van der Waals surface area contributed by atoms with Crippen LogP contribution in [0.3, 0.4) is 0 Å². The van der Waals surface area contributed by atoms with Crippen LogP contribution in [0.15, 0.2) is 17.4 Å². The second-order valence-electron chi connectivity index (χ2n) is 7.88. The van der Waals surface area contributed by atoms with E-state index in [9.17, 15) is 4.79 Å². The summed E-state index contributed by atoms with van der Waals surface area (Å²) in [5, 5.41) is 11.2. The number of carbonyl (C=O) groups is 1. The molecule has 1 amide bonds. The molecule has 1 atom stereocenters. The fourth-order valence-electron chi connectivity index (χ4n) is 4.11. The fraction of sp³-hybridized carbons (Fsp3) is 0.750. The zero-order valence-electron chi connectivity index (χ0n) is 17.2.